The highest BCUT2D eigenvalue weighted by Gasteiger charge is 2.12. The van der Waals surface area contributed by atoms with Crippen LogP contribution in [0, 0.1) is 10.1 Å². The highest BCUT2D eigenvalue weighted by molar-refractivity contribution is 7.07. The number of ether oxygens (including phenoxy) is 1. The fourth-order valence-electron chi connectivity index (χ4n) is 2.14. The van der Waals surface area contributed by atoms with E-state index in [1.165, 1.54) is 11.6 Å². The smallest absolute Gasteiger partial charge is 0.270 e. The zero-order valence-electron chi connectivity index (χ0n) is 12.0. The molecule has 1 aromatic heterocycles. The minimum atomic E-state index is -0.391. The van der Waals surface area contributed by atoms with Crippen LogP contribution in [0.15, 0.2) is 35.0 Å². The Bertz CT molecular complexity index is 599. The molecule has 6 heteroatoms. The average molecular weight is 306 g/mol. The molecule has 1 heterocycles. The van der Waals surface area contributed by atoms with E-state index < -0.39 is 4.92 Å². The van der Waals surface area contributed by atoms with Crippen molar-refractivity contribution >= 4 is 17.0 Å². The number of nitrogens with one attached hydrogen (secondary N) is 1. The molecule has 0 radical (unpaired) electrons. The van der Waals surface area contributed by atoms with E-state index in [9.17, 15) is 10.1 Å². The summed E-state index contributed by atoms with van der Waals surface area (Å²) in [6, 6.07) is 7.04. The standard InChI is InChI=1S/C15H18N2O3S/c1-11(7-12-5-6-21-10-12)16-9-13-8-14(17(18)19)3-4-15(13)20-2/h3-6,8,10-11,16H,7,9H2,1-2H3. The lowest BCUT2D eigenvalue weighted by atomic mass is 10.1. The molecule has 0 spiro atoms. The molecule has 112 valence electrons. The zero-order valence-corrected chi connectivity index (χ0v) is 12.9. The molecule has 1 unspecified atom stereocenters. The second-order valence-electron chi connectivity index (χ2n) is 4.87. The Labute approximate surface area is 127 Å². The summed E-state index contributed by atoms with van der Waals surface area (Å²) >= 11 is 1.68. The quantitative estimate of drug-likeness (QED) is 0.629. The van der Waals surface area contributed by atoms with E-state index in [-0.39, 0.29) is 11.7 Å². The molecule has 0 aliphatic heterocycles. The highest BCUT2D eigenvalue weighted by atomic mass is 32.1. The second kappa shape index (κ2) is 7.19. The Hall–Kier alpha value is -1.92. The van der Waals surface area contributed by atoms with Gasteiger partial charge in [0, 0.05) is 30.3 Å². The van der Waals surface area contributed by atoms with Crippen molar-refractivity contribution in [3.05, 3.63) is 56.3 Å². The fraction of sp³-hybridized carbons (Fsp3) is 0.333. The monoisotopic (exact) mass is 306 g/mol. The Morgan fingerprint density at radius 3 is 2.86 bits per heavy atom. The number of nitrogens with zero attached hydrogens (tertiary/aromatic N) is 1. The van der Waals surface area contributed by atoms with Gasteiger partial charge in [0.05, 0.1) is 12.0 Å². The average Bonchev–Trinajstić information content (AvgIpc) is 2.97. The molecule has 1 aromatic carbocycles. The molecular weight excluding hydrogens is 288 g/mol. The normalized spacial score (nSPS) is 12.1. The number of hydrogen-bond donors (Lipinski definition) is 1. The Balaban J connectivity index is 2.01. The summed E-state index contributed by atoms with van der Waals surface area (Å²) in [7, 11) is 1.57. The molecule has 2 aromatic rings. The molecule has 0 bridgehead atoms. The minimum absolute atomic E-state index is 0.0816. The second-order valence-corrected chi connectivity index (χ2v) is 5.65. The van der Waals surface area contributed by atoms with Crippen LogP contribution in [-0.4, -0.2) is 18.1 Å². The first-order chi connectivity index (χ1) is 10.1. The summed E-state index contributed by atoms with van der Waals surface area (Å²) in [4.78, 5) is 10.5. The van der Waals surface area contributed by atoms with Crippen LogP contribution in [0.25, 0.3) is 0 Å². The number of non-ortho nitro benzene ring substituents is 1. The van der Waals surface area contributed by atoms with Crippen LogP contribution in [0.2, 0.25) is 0 Å². The summed E-state index contributed by atoms with van der Waals surface area (Å²) in [5, 5.41) is 18.4. The fourth-order valence-corrected chi connectivity index (χ4v) is 2.82. The molecule has 2 rings (SSSR count). The summed E-state index contributed by atoms with van der Waals surface area (Å²) in [5.74, 6) is 0.663. The third-order valence-corrected chi connectivity index (χ3v) is 3.97. The van der Waals surface area contributed by atoms with Gasteiger partial charge in [0.25, 0.3) is 5.69 Å². The van der Waals surface area contributed by atoms with Gasteiger partial charge in [0.1, 0.15) is 5.75 Å². The van der Waals surface area contributed by atoms with Crippen molar-refractivity contribution in [1.29, 1.82) is 0 Å². The van der Waals surface area contributed by atoms with Gasteiger partial charge in [-0.1, -0.05) is 0 Å². The summed E-state index contributed by atoms with van der Waals surface area (Å²) in [6.07, 6.45) is 0.931. The van der Waals surface area contributed by atoms with E-state index in [0.29, 0.717) is 12.3 Å². The van der Waals surface area contributed by atoms with Gasteiger partial charge < -0.3 is 10.1 Å². The summed E-state index contributed by atoms with van der Waals surface area (Å²) in [5.41, 5.74) is 2.17. The first kappa shape index (κ1) is 15.5. The lowest BCUT2D eigenvalue weighted by molar-refractivity contribution is -0.384. The minimum Gasteiger partial charge on any atom is -0.496 e. The van der Waals surface area contributed by atoms with Crippen LogP contribution in [-0.2, 0) is 13.0 Å². The number of nitro benzene ring substituents is 1. The van der Waals surface area contributed by atoms with Gasteiger partial charge >= 0.3 is 0 Å². The first-order valence-corrected chi connectivity index (χ1v) is 7.60. The Kier molecular flexibility index (Phi) is 5.30. The Morgan fingerprint density at radius 1 is 1.43 bits per heavy atom. The van der Waals surface area contributed by atoms with E-state index in [1.807, 2.05) is 0 Å². The van der Waals surface area contributed by atoms with Gasteiger partial charge in [-0.2, -0.15) is 11.3 Å². The van der Waals surface area contributed by atoms with Crippen molar-refractivity contribution in [1.82, 2.24) is 5.32 Å². The van der Waals surface area contributed by atoms with E-state index >= 15 is 0 Å². The van der Waals surface area contributed by atoms with Crippen LogP contribution in [0.5, 0.6) is 5.75 Å². The van der Waals surface area contributed by atoms with Crippen LogP contribution in [0.4, 0.5) is 5.69 Å². The lowest BCUT2D eigenvalue weighted by Crippen LogP contribution is -2.27. The van der Waals surface area contributed by atoms with Gasteiger partial charge in [-0.3, -0.25) is 10.1 Å². The van der Waals surface area contributed by atoms with E-state index in [1.54, 1.807) is 30.6 Å². The maximum absolute atomic E-state index is 10.8. The van der Waals surface area contributed by atoms with Crippen LogP contribution >= 0.6 is 11.3 Å². The molecule has 0 aliphatic rings. The largest absolute Gasteiger partial charge is 0.496 e. The zero-order chi connectivity index (χ0) is 15.2. The number of nitro groups is 1. The van der Waals surface area contributed by atoms with Gasteiger partial charge in [-0.25, -0.2) is 0 Å². The van der Waals surface area contributed by atoms with Crippen molar-refractivity contribution in [3.8, 4) is 5.75 Å². The van der Waals surface area contributed by atoms with Crippen molar-refractivity contribution in [3.63, 3.8) is 0 Å². The predicted octanol–water partition coefficient (Wildman–Crippen LogP) is 3.39. The maximum Gasteiger partial charge on any atom is 0.270 e. The molecule has 0 amide bonds. The van der Waals surface area contributed by atoms with Crippen LogP contribution in [0.3, 0.4) is 0 Å². The molecule has 21 heavy (non-hydrogen) atoms. The van der Waals surface area contributed by atoms with Crippen molar-refractivity contribution in [2.45, 2.75) is 25.9 Å². The van der Waals surface area contributed by atoms with Crippen molar-refractivity contribution in [2.24, 2.45) is 0 Å². The third kappa shape index (κ3) is 4.27. The number of thiophene rings is 1. The topological polar surface area (TPSA) is 64.4 Å². The number of hydrogen-bond acceptors (Lipinski definition) is 5. The van der Waals surface area contributed by atoms with Crippen LogP contribution < -0.4 is 10.1 Å². The van der Waals surface area contributed by atoms with Gasteiger partial charge in [-0.15, -0.1) is 0 Å². The SMILES string of the molecule is COc1ccc([N+](=O)[O-])cc1CNC(C)Cc1ccsc1. The van der Waals surface area contributed by atoms with Crippen molar-refractivity contribution in [2.75, 3.05) is 7.11 Å². The molecule has 0 fully saturated rings. The van der Waals surface area contributed by atoms with Gasteiger partial charge in [-0.05, 0) is 41.8 Å². The van der Waals surface area contributed by atoms with E-state index in [4.69, 9.17) is 4.74 Å². The van der Waals surface area contributed by atoms with E-state index in [2.05, 4.69) is 29.1 Å². The lowest BCUT2D eigenvalue weighted by Gasteiger charge is -2.15. The number of methoxy groups -OCH3 is 1. The highest BCUT2D eigenvalue weighted by Crippen LogP contribution is 2.24. The molecule has 0 aliphatic carbocycles. The van der Waals surface area contributed by atoms with Gasteiger partial charge in [0.2, 0.25) is 0 Å². The number of benzene rings is 1. The van der Waals surface area contributed by atoms with Gasteiger partial charge in [0.15, 0.2) is 0 Å². The van der Waals surface area contributed by atoms with Crippen molar-refractivity contribution < 1.29 is 9.66 Å². The molecule has 0 saturated heterocycles. The maximum atomic E-state index is 10.8. The number of rotatable bonds is 7. The predicted molar refractivity (Wildman–Crippen MR) is 84.0 cm³/mol. The third-order valence-electron chi connectivity index (χ3n) is 3.24. The first-order valence-electron chi connectivity index (χ1n) is 6.66. The molecular formula is C15H18N2O3S. The molecule has 1 N–H and O–H groups in total. The molecule has 1 atom stereocenters. The van der Waals surface area contributed by atoms with Crippen LogP contribution in [0.1, 0.15) is 18.1 Å². The molecule has 5 nitrogen and oxygen atoms in total. The summed E-state index contributed by atoms with van der Waals surface area (Å²) < 4.78 is 5.26. The Morgan fingerprint density at radius 2 is 2.24 bits per heavy atom. The molecule has 0 saturated carbocycles. The van der Waals surface area contributed by atoms with E-state index in [0.717, 1.165) is 12.0 Å². The summed E-state index contributed by atoms with van der Waals surface area (Å²) in [6.45, 7) is 2.64.